The molecule has 0 bridgehead atoms. The van der Waals surface area contributed by atoms with Crippen LogP contribution in [0.25, 0.3) is 0 Å². The number of amides is 1. The van der Waals surface area contributed by atoms with Crippen molar-refractivity contribution in [3.63, 3.8) is 0 Å². The lowest BCUT2D eigenvalue weighted by atomic mass is 10.0. The number of nitrogens with zero attached hydrogens (tertiary/aromatic N) is 1. The molecular formula is C18H20Br2N2O2S. The molecule has 134 valence electrons. The van der Waals surface area contributed by atoms with Gasteiger partial charge in [-0.1, -0.05) is 12.1 Å². The Balaban J connectivity index is 1.74. The van der Waals surface area contributed by atoms with Gasteiger partial charge in [0.1, 0.15) is 5.75 Å². The number of hydrogen-bond acceptors (Lipinski definition) is 4. The van der Waals surface area contributed by atoms with Gasteiger partial charge in [0.25, 0.3) is 5.91 Å². The number of benzene rings is 1. The molecule has 1 aromatic heterocycles. The fourth-order valence-corrected chi connectivity index (χ4v) is 5.05. The fraction of sp³-hybridized carbons (Fsp3) is 0.389. The van der Waals surface area contributed by atoms with Crippen molar-refractivity contribution < 1.29 is 9.53 Å². The van der Waals surface area contributed by atoms with E-state index >= 15 is 0 Å². The maximum absolute atomic E-state index is 12.5. The van der Waals surface area contributed by atoms with E-state index in [2.05, 4.69) is 54.2 Å². The molecule has 1 atom stereocenters. The molecule has 0 radical (unpaired) electrons. The van der Waals surface area contributed by atoms with Crippen molar-refractivity contribution in [2.75, 3.05) is 26.7 Å². The van der Waals surface area contributed by atoms with Gasteiger partial charge in [0.15, 0.2) is 0 Å². The number of carbonyl (C=O) groups is 1. The Bertz CT molecular complexity index is 725. The summed E-state index contributed by atoms with van der Waals surface area (Å²) >= 11 is 8.31. The minimum absolute atomic E-state index is 0.0384. The topological polar surface area (TPSA) is 41.6 Å². The van der Waals surface area contributed by atoms with E-state index < -0.39 is 0 Å². The lowest BCUT2D eigenvalue weighted by Gasteiger charge is -2.28. The predicted octanol–water partition coefficient (Wildman–Crippen LogP) is 4.85. The number of ether oxygens (including phenoxy) is 1. The standard InChI is InChI=1S/C18H20Br2N2O2S/c1-24-13-6-4-5-12(9-13)15(22-7-2-3-8-22)11-21-18(23)16-10-14(19)17(20)25-16/h4-6,9-10,15H,2-3,7-8,11H2,1H3,(H,21,23). The van der Waals surface area contributed by atoms with Crippen molar-refractivity contribution in [1.82, 2.24) is 10.2 Å². The Kier molecular flexibility index (Phi) is 6.55. The monoisotopic (exact) mass is 486 g/mol. The van der Waals surface area contributed by atoms with Gasteiger partial charge in [-0.05, 0) is 81.6 Å². The maximum atomic E-state index is 12.5. The van der Waals surface area contributed by atoms with E-state index in [0.717, 1.165) is 27.1 Å². The minimum Gasteiger partial charge on any atom is -0.497 e. The largest absolute Gasteiger partial charge is 0.497 e. The number of halogens is 2. The molecule has 2 heterocycles. The van der Waals surface area contributed by atoms with Gasteiger partial charge in [-0.25, -0.2) is 0 Å². The Morgan fingerprint density at radius 3 is 2.72 bits per heavy atom. The van der Waals surface area contributed by atoms with Crippen LogP contribution in [0.2, 0.25) is 0 Å². The van der Waals surface area contributed by atoms with Crippen LogP contribution >= 0.6 is 43.2 Å². The lowest BCUT2D eigenvalue weighted by molar-refractivity contribution is 0.0942. The number of likely N-dealkylation sites (tertiary alicyclic amines) is 1. The molecule has 4 nitrogen and oxygen atoms in total. The van der Waals surface area contributed by atoms with Crippen LogP contribution in [0.5, 0.6) is 5.75 Å². The number of methoxy groups -OCH3 is 1. The average molecular weight is 488 g/mol. The molecule has 0 saturated carbocycles. The molecule has 3 rings (SSSR count). The number of thiophene rings is 1. The highest BCUT2D eigenvalue weighted by molar-refractivity contribution is 9.13. The first-order valence-corrected chi connectivity index (χ1v) is 10.6. The van der Waals surface area contributed by atoms with Gasteiger partial charge in [0.2, 0.25) is 0 Å². The first-order chi connectivity index (χ1) is 12.1. The number of carbonyl (C=O) groups excluding carboxylic acids is 1. The van der Waals surface area contributed by atoms with Gasteiger partial charge in [-0.15, -0.1) is 11.3 Å². The van der Waals surface area contributed by atoms with Crippen LogP contribution in [0.4, 0.5) is 0 Å². The molecule has 1 aromatic carbocycles. The molecule has 2 aromatic rings. The third kappa shape index (κ3) is 4.64. The third-order valence-electron chi connectivity index (χ3n) is 4.38. The smallest absolute Gasteiger partial charge is 0.261 e. The molecule has 0 spiro atoms. The zero-order valence-corrected chi connectivity index (χ0v) is 17.9. The third-order valence-corrected chi connectivity index (χ3v) is 7.64. The fourth-order valence-electron chi connectivity index (χ4n) is 3.09. The van der Waals surface area contributed by atoms with Crippen molar-refractivity contribution in [1.29, 1.82) is 0 Å². The quantitative estimate of drug-likeness (QED) is 0.633. The van der Waals surface area contributed by atoms with Crippen LogP contribution in [0, 0.1) is 0 Å². The van der Waals surface area contributed by atoms with E-state index in [9.17, 15) is 4.79 Å². The summed E-state index contributed by atoms with van der Waals surface area (Å²) in [6, 6.07) is 10.1. The summed E-state index contributed by atoms with van der Waals surface area (Å²) in [6.07, 6.45) is 2.42. The summed E-state index contributed by atoms with van der Waals surface area (Å²) in [5.74, 6) is 0.808. The Labute approximate surface area is 168 Å². The summed E-state index contributed by atoms with van der Waals surface area (Å²) in [6.45, 7) is 2.71. The minimum atomic E-state index is -0.0384. The second kappa shape index (κ2) is 8.66. The highest BCUT2D eigenvalue weighted by Gasteiger charge is 2.25. The second-order valence-corrected chi connectivity index (χ2v) is 9.20. The number of rotatable bonds is 6. The van der Waals surface area contributed by atoms with Crippen molar-refractivity contribution in [2.45, 2.75) is 18.9 Å². The number of nitrogens with one attached hydrogen (secondary N) is 1. The van der Waals surface area contributed by atoms with E-state index in [4.69, 9.17) is 4.74 Å². The summed E-state index contributed by atoms with van der Waals surface area (Å²) < 4.78 is 7.20. The second-order valence-electron chi connectivity index (χ2n) is 5.98. The van der Waals surface area contributed by atoms with Crippen LogP contribution in [0.1, 0.15) is 34.1 Å². The highest BCUT2D eigenvalue weighted by atomic mass is 79.9. The van der Waals surface area contributed by atoms with Crippen LogP contribution < -0.4 is 10.1 Å². The van der Waals surface area contributed by atoms with E-state index in [0.29, 0.717) is 11.4 Å². The molecule has 1 aliphatic heterocycles. The Morgan fingerprint density at radius 1 is 1.32 bits per heavy atom. The molecule has 7 heteroatoms. The Hall–Kier alpha value is -0.890. The summed E-state index contributed by atoms with van der Waals surface area (Å²) in [5, 5.41) is 3.10. The molecule has 1 aliphatic rings. The maximum Gasteiger partial charge on any atom is 0.261 e. The van der Waals surface area contributed by atoms with E-state index in [1.165, 1.54) is 29.7 Å². The van der Waals surface area contributed by atoms with Crippen molar-refractivity contribution >= 4 is 49.1 Å². The average Bonchev–Trinajstić information content (AvgIpc) is 3.26. The molecule has 25 heavy (non-hydrogen) atoms. The van der Waals surface area contributed by atoms with Crippen molar-refractivity contribution in [2.24, 2.45) is 0 Å². The van der Waals surface area contributed by atoms with Crippen LogP contribution in [0.15, 0.2) is 38.6 Å². The van der Waals surface area contributed by atoms with Crippen molar-refractivity contribution in [3.05, 3.63) is 49.0 Å². The summed E-state index contributed by atoms with van der Waals surface area (Å²) in [4.78, 5) is 15.6. The Morgan fingerprint density at radius 2 is 2.08 bits per heavy atom. The van der Waals surface area contributed by atoms with Gasteiger partial charge in [0, 0.05) is 11.0 Å². The van der Waals surface area contributed by atoms with Gasteiger partial charge >= 0.3 is 0 Å². The lowest BCUT2D eigenvalue weighted by Crippen LogP contribution is -2.36. The van der Waals surface area contributed by atoms with E-state index in [1.54, 1.807) is 7.11 Å². The molecule has 1 N–H and O–H groups in total. The van der Waals surface area contributed by atoms with Gasteiger partial charge < -0.3 is 10.1 Å². The molecule has 0 aliphatic carbocycles. The van der Waals surface area contributed by atoms with Gasteiger partial charge in [-0.3, -0.25) is 9.69 Å². The molecule has 1 fully saturated rings. The predicted molar refractivity (Wildman–Crippen MR) is 109 cm³/mol. The molecule has 1 amide bonds. The van der Waals surface area contributed by atoms with Gasteiger partial charge in [-0.2, -0.15) is 0 Å². The van der Waals surface area contributed by atoms with Crippen LogP contribution in [-0.2, 0) is 0 Å². The highest BCUT2D eigenvalue weighted by Crippen LogP contribution is 2.32. The summed E-state index contributed by atoms with van der Waals surface area (Å²) in [5.41, 5.74) is 1.18. The van der Waals surface area contributed by atoms with E-state index in [-0.39, 0.29) is 11.9 Å². The molecule has 1 unspecified atom stereocenters. The zero-order valence-electron chi connectivity index (χ0n) is 13.9. The zero-order chi connectivity index (χ0) is 17.8. The first kappa shape index (κ1) is 18.9. The summed E-state index contributed by atoms with van der Waals surface area (Å²) in [7, 11) is 1.68. The number of hydrogen-bond donors (Lipinski definition) is 1. The molecular weight excluding hydrogens is 468 g/mol. The first-order valence-electron chi connectivity index (χ1n) is 8.19. The van der Waals surface area contributed by atoms with E-state index in [1.807, 2.05) is 18.2 Å². The molecule has 1 saturated heterocycles. The van der Waals surface area contributed by atoms with Gasteiger partial charge in [0.05, 0.1) is 21.8 Å². The van der Waals surface area contributed by atoms with Crippen molar-refractivity contribution in [3.8, 4) is 5.75 Å². The van der Waals surface area contributed by atoms with Crippen LogP contribution in [0.3, 0.4) is 0 Å². The SMILES string of the molecule is COc1cccc(C(CNC(=O)c2cc(Br)c(Br)s2)N2CCCC2)c1. The normalized spacial score (nSPS) is 16.0. The van der Waals surface area contributed by atoms with Crippen LogP contribution in [-0.4, -0.2) is 37.6 Å².